The molecular weight excluding hydrogens is 451 g/mol. The SMILES string of the molecule is CC(C)OC(=O)N1CCC(n2ncc(C(C)Oc3ccc(S(C)(=O)=O)cc3F)c2C#N)CC1. The van der Waals surface area contributed by atoms with E-state index in [4.69, 9.17) is 9.47 Å². The minimum absolute atomic E-state index is 0.0746. The van der Waals surface area contributed by atoms with E-state index in [1.165, 1.54) is 18.3 Å². The molecule has 2 aromatic rings. The molecule has 2 heterocycles. The van der Waals surface area contributed by atoms with Crippen molar-refractivity contribution in [3.8, 4) is 11.8 Å². The fraction of sp³-hybridized carbons (Fsp3) is 0.500. The number of amides is 1. The third-order valence-corrected chi connectivity index (χ3v) is 6.52. The third kappa shape index (κ3) is 5.63. The summed E-state index contributed by atoms with van der Waals surface area (Å²) in [4.78, 5) is 13.6. The number of halogens is 1. The Labute approximate surface area is 192 Å². The van der Waals surface area contributed by atoms with Crippen LogP contribution in [0.15, 0.2) is 29.3 Å². The Hall–Kier alpha value is -3.13. The lowest BCUT2D eigenvalue weighted by atomic mass is 10.0. The molecule has 0 aliphatic carbocycles. The van der Waals surface area contributed by atoms with Gasteiger partial charge in [-0.1, -0.05) is 0 Å². The first-order chi connectivity index (χ1) is 15.5. The van der Waals surface area contributed by atoms with Crippen molar-refractivity contribution in [2.45, 2.75) is 56.8 Å². The molecule has 1 aromatic heterocycles. The molecule has 1 fully saturated rings. The molecule has 33 heavy (non-hydrogen) atoms. The molecule has 1 unspecified atom stereocenters. The van der Waals surface area contributed by atoms with Gasteiger partial charge in [-0.25, -0.2) is 17.6 Å². The number of likely N-dealkylation sites (tertiary alicyclic amines) is 1. The van der Waals surface area contributed by atoms with Crippen LogP contribution in [0.2, 0.25) is 0 Å². The van der Waals surface area contributed by atoms with Gasteiger partial charge in [-0.15, -0.1) is 0 Å². The van der Waals surface area contributed by atoms with E-state index in [-0.39, 0.29) is 28.9 Å². The number of nitriles is 1. The average molecular weight is 479 g/mol. The van der Waals surface area contributed by atoms with Crippen LogP contribution in [-0.4, -0.2) is 54.6 Å². The Bertz CT molecular complexity index is 1160. The number of rotatable bonds is 6. The van der Waals surface area contributed by atoms with Crippen molar-refractivity contribution in [2.75, 3.05) is 19.3 Å². The van der Waals surface area contributed by atoms with E-state index in [2.05, 4.69) is 11.2 Å². The van der Waals surface area contributed by atoms with E-state index in [1.807, 2.05) is 0 Å². The molecule has 0 bridgehead atoms. The largest absolute Gasteiger partial charge is 0.483 e. The number of aromatic nitrogens is 2. The normalized spacial score (nSPS) is 15.8. The van der Waals surface area contributed by atoms with E-state index >= 15 is 0 Å². The minimum atomic E-state index is -3.54. The molecule has 1 saturated heterocycles. The average Bonchev–Trinajstić information content (AvgIpc) is 3.18. The Kier molecular flexibility index (Phi) is 7.27. The van der Waals surface area contributed by atoms with Gasteiger partial charge in [0, 0.05) is 24.9 Å². The van der Waals surface area contributed by atoms with E-state index in [9.17, 15) is 22.9 Å². The molecule has 0 N–H and O–H groups in total. The fourth-order valence-electron chi connectivity index (χ4n) is 3.70. The molecule has 1 atom stereocenters. The third-order valence-electron chi connectivity index (χ3n) is 5.41. The molecule has 9 nitrogen and oxygen atoms in total. The van der Waals surface area contributed by atoms with Crippen molar-refractivity contribution in [3.63, 3.8) is 0 Å². The van der Waals surface area contributed by atoms with Gasteiger partial charge in [-0.3, -0.25) is 4.68 Å². The predicted octanol–water partition coefficient (Wildman–Crippen LogP) is 3.62. The summed E-state index contributed by atoms with van der Waals surface area (Å²) in [6.45, 7) is 6.23. The van der Waals surface area contributed by atoms with Gasteiger partial charge in [-0.2, -0.15) is 10.4 Å². The van der Waals surface area contributed by atoms with Gasteiger partial charge < -0.3 is 14.4 Å². The van der Waals surface area contributed by atoms with Crippen LogP contribution >= 0.6 is 0 Å². The number of hydrogen-bond donors (Lipinski definition) is 0. The van der Waals surface area contributed by atoms with Crippen LogP contribution in [0, 0.1) is 17.1 Å². The predicted molar refractivity (Wildman–Crippen MR) is 117 cm³/mol. The van der Waals surface area contributed by atoms with Crippen LogP contribution in [0.4, 0.5) is 9.18 Å². The maximum absolute atomic E-state index is 14.4. The molecule has 11 heteroatoms. The van der Waals surface area contributed by atoms with Gasteiger partial charge in [-0.05, 0) is 51.8 Å². The van der Waals surface area contributed by atoms with E-state index in [0.29, 0.717) is 37.2 Å². The van der Waals surface area contributed by atoms with E-state index in [0.717, 1.165) is 12.3 Å². The van der Waals surface area contributed by atoms with Crippen molar-refractivity contribution < 1.29 is 27.1 Å². The molecule has 178 valence electrons. The number of benzene rings is 1. The zero-order chi connectivity index (χ0) is 24.3. The second-order valence-corrected chi connectivity index (χ2v) is 10.3. The van der Waals surface area contributed by atoms with Gasteiger partial charge in [0.2, 0.25) is 0 Å². The van der Waals surface area contributed by atoms with Crippen molar-refractivity contribution in [3.05, 3.63) is 41.5 Å². The highest BCUT2D eigenvalue weighted by Gasteiger charge is 2.29. The minimum Gasteiger partial charge on any atom is -0.483 e. The molecule has 0 radical (unpaired) electrons. The molecule has 1 amide bonds. The van der Waals surface area contributed by atoms with Crippen LogP contribution in [0.1, 0.15) is 57.0 Å². The standard InChI is InChI=1S/C22H27FN4O5S/c1-14(2)31-22(28)26-9-7-16(8-10-26)27-20(12-24)18(13-25-27)15(3)32-21-6-5-17(11-19(21)23)33(4,29)30/h5-6,11,13-16H,7-10H2,1-4H3. The first-order valence-electron chi connectivity index (χ1n) is 10.6. The Morgan fingerprint density at radius 1 is 1.27 bits per heavy atom. The highest BCUT2D eigenvalue weighted by atomic mass is 32.2. The molecule has 0 spiro atoms. The van der Waals surface area contributed by atoms with Crippen LogP contribution in [0.3, 0.4) is 0 Å². The van der Waals surface area contributed by atoms with Gasteiger partial charge >= 0.3 is 6.09 Å². The van der Waals surface area contributed by atoms with Crippen LogP contribution in [0.5, 0.6) is 5.75 Å². The Morgan fingerprint density at radius 3 is 2.48 bits per heavy atom. The summed E-state index contributed by atoms with van der Waals surface area (Å²) in [5.41, 5.74) is 0.796. The molecule has 1 aliphatic rings. The smallest absolute Gasteiger partial charge is 0.410 e. The van der Waals surface area contributed by atoms with Crippen molar-refractivity contribution >= 4 is 15.9 Å². The van der Waals surface area contributed by atoms with Gasteiger partial charge in [0.25, 0.3) is 0 Å². The van der Waals surface area contributed by atoms with Crippen LogP contribution in [-0.2, 0) is 14.6 Å². The second-order valence-electron chi connectivity index (χ2n) is 8.28. The van der Waals surface area contributed by atoms with Gasteiger partial charge in [0.1, 0.15) is 17.9 Å². The highest BCUT2D eigenvalue weighted by Crippen LogP contribution is 2.31. The first kappa shape index (κ1) is 24.5. The summed E-state index contributed by atoms with van der Waals surface area (Å²) in [7, 11) is -3.54. The summed E-state index contributed by atoms with van der Waals surface area (Å²) >= 11 is 0. The monoisotopic (exact) mass is 478 g/mol. The zero-order valence-electron chi connectivity index (χ0n) is 19.0. The second kappa shape index (κ2) is 9.79. The van der Waals surface area contributed by atoms with Crippen molar-refractivity contribution in [1.82, 2.24) is 14.7 Å². The molecular formula is C22H27FN4O5S. The number of carbonyl (C=O) groups is 1. The van der Waals surface area contributed by atoms with Gasteiger partial charge in [0.05, 0.1) is 23.2 Å². The number of hydrogen-bond acceptors (Lipinski definition) is 7. The lowest BCUT2D eigenvalue weighted by Gasteiger charge is -2.32. The van der Waals surface area contributed by atoms with Crippen LogP contribution < -0.4 is 4.74 Å². The maximum atomic E-state index is 14.4. The van der Waals surface area contributed by atoms with E-state index in [1.54, 1.807) is 30.4 Å². The number of carbonyl (C=O) groups excluding carboxylic acids is 1. The number of ether oxygens (including phenoxy) is 2. The van der Waals surface area contributed by atoms with E-state index < -0.39 is 21.8 Å². The first-order valence-corrected chi connectivity index (χ1v) is 12.5. The van der Waals surface area contributed by atoms with Crippen molar-refractivity contribution in [2.24, 2.45) is 0 Å². The quantitative estimate of drug-likeness (QED) is 0.623. The summed E-state index contributed by atoms with van der Waals surface area (Å²) in [5, 5.41) is 14.1. The number of nitrogens with zero attached hydrogens (tertiary/aromatic N) is 4. The number of sulfone groups is 1. The summed E-state index contributed by atoms with van der Waals surface area (Å²) in [5.74, 6) is -0.931. The topological polar surface area (TPSA) is 115 Å². The molecule has 3 rings (SSSR count). The fourth-order valence-corrected chi connectivity index (χ4v) is 4.33. The summed E-state index contributed by atoms with van der Waals surface area (Å²) in [6.07, 6.45) is 2.49. The van der Waals surface area contributed by atoms with Gasteiger partial charge in [0.15, 0.2) is 21.4 Å². The molecule has 0 saturated carbocycles. The molecule has 1 aliphatic heterocycles. The lowest BCUT2D eigenvalue weighted by Crippen LogP contribution is -2.40. The summed E-state index contributed by atoms with van der Waals surface area (Å²) in [6, 6.07) is 5.51. The van der Waals surface area contributed by atoms with Crippen molar-refractivity contribution in [1.29, 1.82) is 5.26 Å². The maximum Gasteiger partial charge on any atom is 0.410 e. The summed E-state index contributed by atoms with van der Waals surface area (Å²) < 4.78 is 50.1. The molecule has 1 aromatic carbocycles. The van der Waals surface area contributed by atoms with Crippen LogP contribution in [0.25, 0.3) is 0 Å². The Morgan fingerprint density at radius 2 is 1.94 bits per heavy atom. The zero-order valence-corrected chi connectivity index (χ0v) is 19.8. The highest BCUT2D eigenvalue weighted by molar-refractivity contribution is 7.90. The number of piperidine rings is 1. The lowest BCUT2D eigenvalue weighted by molar-refractivity contribution is 0.0652. The Balaban J connectivity index is 1.72.